The van der Waals surface area contributed by atoms with Crippen LogP contribution in [-0.4, -0.2) is 29.2 Å². The average molecular weight is 358 g/mol. The molecule has 1 amide bonds. The summed E-state index contributed by atoms with van der Waals surface area (Å²) in [4.78, 5) is 12.3. The second-order valence-electron chi connectivity index (χ2n) is 5.07. The second kappa shape index (κ2) is 6.02. The highest BCUT2D eigenvalue weighted by atomic mass is 79.9. The lowest BCUT2D eigenvalue weighted by atomic mass is 9.75. The monoisotopic (exact) mass is 356 g/mol. The van der Waals surface area contributed by atoms with E-state index in [1.807, 2.05) is 12.1 Å². The van der Waals surface area contributed by atoms with Crippen molar-refractivity contribution in [2.24, 2.45) is 5.41 Å². The van der Waals surface area contributed by atoms with Gasteiger partial charge in [-0.05, 0) is 37.0 Å². The fraction of sp³-hybridized carbons (Fsp3) is 0.429. The van der Waals surface area contributed by atoms with Gasteiger partial charge in [0.15, 0.2) is 0 Å². The summed E-state index contributed by atoms with van der Waals surface area (Å²) in [6, 6.07) is 7.92. The van der Waals surface area contributed by atoms with Crippen molar-refractivity contribution < 1.29 is 9.90 Å². The Morgan fingerprint density at radius 2 is 2.15 bits per heavy atom. The minimum atomic E-state index is -0.913. The zero-order valence-electron chi connectivity index (χ0n) is 10.8. The first-order valence-electron chi connectivity index (χ1n) is 6.29. The summed E-state index contributed by atoms with van der Waals surface area (Å²) in [6.45, 7) is 0.822. The molecule has 0 saturated carbocycles. The van der Waals surface area contributed by atoms with Crippen LogP contribution in [0.3, 0.4) is 0 Å². The number of nitriles is 1. The average Bonchev–Trinajstić information content (AvgIpc) is 2.42. The van der Waals surface area contributed by atoms with Gasteiger partial charge in [-0.25, -0.2) is 4.79 Å². The van der Waals surface area contributed by atoms with Crippen LogP contribution in [0.5, 0.6) is 0 Å². The summed E-state index contributed by atoms with van der Waals surface area (Å²) in [5.74, 6) is 0. The molecule has 4 nitrogen and oxygen atoms in total. The van der Waals surface area contributed by atoms with Crippen molar-refractivity contribution in [3.63, 3.8) is 0 Å². The van der Waals surface area contributed by atoms with Crippen molar-refractivity contribution in [3.8, 4) is 6.07 Å². The van der Waals surface area contributed by atoms with Gasteiger partial charge in [-0.2, -0.15) is 5.26 Å². The van der Waals surface area contributed by atoms with Gasteiger partial charge in [0.05, 0.1) is 11.5 Å². The van der Waals surface area contributed by atoms with E-state index in [-0.39, 0.29) is 0 Å². The minimum Gasteiger partial charge on any atom is -0.465 e. The van der Waals surface area contributed by atoms with Crippen LogP contribution in [0.4, 0.5) is 4.79 Å². The lowest BCUT2D eigenvalue weighted by Gasteiger charge is -2.36. The summed E-state index contributed by atoms with van der Waals surface area (Å²) < 4.78 is 0.889. The Hall–Kier alpha value is -1.25. The molecule has 2 rings (SSSR count). The van der Waals surface area contributed by atoms with Crippen LogP contribution in [0.25, 0.3) is 0 Å². The van der Waals surface area contributed by atoms with E-state index in [4.69, 9.17) is 16.7 Å². The lowest BCUT2D eigenvalue weighted by Crippen LogP contribution is -2.43. The lowest BCUT2D eigenvalue weighted by molar-refractivity contribution is 0.110. The SMILES string of the molecule is N#CC1(Cc2ccc(Cl)cc2Br)CCN(C(=O)O)CC1. The van der Waals surface area contributed by atoms with Gasteiger partial charge in [0.25, 0.3) is 0 Å². The molecule has 1 aliphatic heterocycles. The van der Waals surface area contributed by atoms with E-state index in [1.54, 1.807) is 6.07 Å². The molecule has 106 valence electrons. The first kappa shape index (κ1) is 15.1. The number of carboxylic acid groups (broad SMARTS) is 1. The summed E-state index contributed by atoms with van der Waals surface area (Å²) >= 11 is 9.38. The Bertz CT molecular complexity index is 563. The van der Waals surface area contributed by atoms with E-state index in [0.717, 1.165) is 10.0 Å². The van der Waals surface area contributed by atoms with Crippen molar-refractivity contribution in [2.45, 2.75) is 19.3 Å². The van der Waals surface area contributed by atoms with Crippen molar-refractivity contribution in [2.75, 3.05) is 13.1 Å². The molecule has 0 bridgehead atoms. The number of hydrogen-bond donors (Lipinski definition) is 1. The van der Waals surface area contributed by atoms with Gasteiger partial charge in [-0.1, -0.05) is 33.6 Å². The maximum Gasteiger partial charge on any atom is 0.407 e. The van der Waals surface area contributed by atoms with E-state index in [2.05, 4.69) is 22.0 Å². The Kier molecular flexibility index (Phi) is 4.56. The number of likely N-dealkylation sites (tertiary alicyclic amines) is 1. The molecule has 0 spiro atoms. The van der Waals surface area contributed by atoms with Crippen LogP contribution in [0.1, 0.15) is 18.4 Å². The van der Waals surface area contributed by atoms with Gasteiger partial charge in [0.2, 0.25) is 0 Å². The van der Waals surface area contributed by atoms with E-state index in [9.17, 15) is 10.1 Å². The maximum atomic E-state index is 10.9. The molecular weight excluding hydrogens is 344 g/mol. The van der Waals surface area contributed by atoms with Crippen LogP contribution in [-0.2, 0) is 6.42 Å². The topological polar surface area (TPSA) is 64.3 Å². The molecule has 1 aromatic carbocycles. The first-order valence-corrected chi connectivity index (χ1v) is 7.46. The molecule has 1 N–H and O–H groups in total. The highest BCUT2D eigenvalue weighted by molar-refractivity contribution is 9.10. The molecule has 0 radical (unpaired) electrons. The summed E-state index contributed by atoms with van der Waals surface area (Å²) in [5, 5.41) is 19.1. The fourth-order valence-corrected chi connectivity index (χ4v) is 3.31. The van der Waals surface area contributed by atoms with E-state index in [1.165, 1.54) is 4.90 Å². The molecule has 0 unspecified atom stereocenters. The Balaban J connectivity index is 2.14. The predicted molar refractivity (Wildman–Crippen MR) is 79.7 cm³/mol. The summed E-state index contributed by atoms with van der Waals surface area (Å²) in [5.41, 5.74) is 0.530. The quantitative estimate of drug-likeness (QED) is 0.872. The third kappa shape index (κ3) is 3.25. The number of carbonyl (C=O) groups is 1. The fourth-order valence-electron chi connectivity index (χ4n) is 2.48. The van der Waals surface area contributed by atoms with Gasteiger partial charge in [0, 0.05) is 22.6 Å². The molecule has 1 heterocycles. The predicted octanol–water partition coefficient (Wildman–Crippen LogP) is 3.93. The van der Waals surface area contributed by atoms with Gasteiger partial charge >= 0.3 is 6.09 Å². The van der Waals surface area contributed by atoms with E-state index < -0.39 is 11.5 Å². The molecule has 1 fully saturated rings. The molecule has 0 aliphatic carbocycles. The molecule has 1 saturated heterocycles. The van der Waals surface area contributed by atoms with Gasteiger partial charge in [-0.3, -0.25) is 0 Å². The highest BCUT2D eigenvalue weighted by Crippen LogP contribution is 2.36. The normalized spacial score (nSPS) is 17.6. The number of nitrogens with zero attached hydrogens (tertiary/aromatic N) is 2. The summed E-state index contributed by atoms with van der Waals surface area (Å²) in [6.07, 6.45) is 0.814. The number of hydrogen-bond acceptors (Lipinski definition) is 2. The smallest absolute Gasteiger partial charge is 0.407 e. The third-order valence-electron chi connectivity index (χ3n) is 3.77. The van der Waals surface area contributed by atoms with Gasteiger partial charge in [-0.15, -0.1) is 0 Å². The van der Waals surface area contributed by atoms with Crippen LogP contribution in [0, 0.1) is 16.7 Å². The van der Waals surface area contributed by atoms with Crippen LogP contribution >= 0.6 is 27.5 Å². The Morgan fingerprint density at radius 1 is 1.50 bits per heavy atom. The molecule has 20 heavy (non-hydrogen) atoms. The summed E-state index contributed by atoms with van der Waals surface area (Å²) in [7, 11) is 0. The van der Waals surface area contributed by atoms with Gasteiger partial charge in [0.1, 0.15) is 0 Å². The molecule has 1 aliphatic rings. The zero-order valence-corrected chi connectivity index (χ0v) is 13.1. The number of halogens is 2. The number of benzene rings is 1. The maximum absolute atomic E-state index is 10.9. The van der Waals surface area contributed by atoms with Crippen LogP contribution < -0.4 is 0 Å². The molecule has 0 atom stereocenters. The third-order valence-corrected chi connectivity index (χ3v) is 4.75. The Morgan fingerprint density at radius 3 is 2.65 bits per heavy atom. The highest BCUT2D eigenvalue weighted by Gasteiger charge is 2.36. The largest absolute Gasteiger partial charge is 0.465 e. The molecular formula is C14H14BrClN2O2. The molecule has 6 heteroatoms. The molecule has 1 aromatic rings. The first-order chi connectivity index (χ1) is 9.46. The number of piperidine rings is 1. The van der Waals surface area contributed by atoms with Crippen molar-refractivity contribution in [1.29, 1.82) is 5.26 Å². The Labute approximate surface area is 131 Å². The van der Waals surface area contributed by atoms with Crippen molar-refractivity contribution in [1.82, 2.24) is 4.90 Å². The van der Waals surface area contributed by atoms with Crippen molar-refractivity contribution in [3.05, 3.63) is 33.3 Å². The molecule has 0 aromatic heterocycles. The van der Waals surface area contributed by atoms with Crippen molar-refractivity contribution >= 4 is 33.6 Å². The zero-order chi connectivity index (χ0) is 14.8. The number of rotatable bonds is 2. The van der Waals surface area contributed by atoms with E-state index >= 15 is 0 Å². The van der Waals surface area contributed by atoms with Crippen LogP contribution in [0.2, 0.25) is 5.02 Å². The number of amides is 1. The van der Waals surface area contributed by atoms with E-state index in [0.29, 0.717) is 37.4 Å². The van der Waals surface area contributed by atoms with Crippen LogP contribution in [0.15, 0.2) is 22.7 Å². The minimum absolute atomic E-state index is 0.411. The second-order valence-corrected chi connectivity index (χ2v) is 6.37. The standard InChI is InChI=1S/C14H14BrClN2O2/c15-12-7-11(16)2-1-10(12)8-14(9-17)3-5-18(6-4-14)13(19)20/h1-2,7H,3-6,8H2,(H,19,20). The van der Waals surface area contributed by atoms with Gasteiger partial charge < -0.3 is 10.0 Å².